The molecule has 0 bridgehead atoms. The van der Waals surface area contributed by atoms with Crippen molar-refractivity contribution >= 4 is 18.7 Å². The number of aryl methyl sites for hydroxylation is 1. The number of aromatic amines is 1. The topological polar surface area (TPSA) is 45.8 Å². The molecular weight excluding hydrogens is 160 g/mol. The summed E-state index contributed by atoms with van der Waals surface area (Å²) in [5, 5.41) is 0.418. The van der Waals surface area contributed by atoms with E-state index in [-0.39, 0.29) is 5.56 Å². The van der Waals surface area contributed by atoms with Crippen molar-refractivity contribution in [2.75, 3.05) is 0 Å². The van der Waals surface area contributed by atoms with Crippen molar-refractivity contribution in [3.63, 3.8) is 0 Å². The zero-order valence-corrected chi connectivity index (χ0v) is 6.98. The second-order valence-corrected chi connectivity index (χ2v) is 2.52. The highest BCUT2D eigenvalue weighted by Crippen LogP contribution is 2.05. The Hall–Kier alpha value is -1.03. The van der Waals surface area contributed by atoms with E-state index < -0.39 is 0 Å². The number of nitrogens with zero attached hydrogens (tertiary/aromatic N) is 1. The van der Waals surface area contributed by atoms with Gasteiger partial charge < -0.3 is 4.98 Å². The molecule has 0 aliphatic rings. The van der Waals surface area contributed by atoms with Crippen molar-refractivity contribution in [2.45, 2.75) is 11.9 Å². The van der Waals surface area contributed by atoms with Gasteiger partial charge in [-0.1, -0.05) is 12.7 Å². The predicted molar refractivity (Wildman–Crippen MR) is 46.9 cm³/mol. The Labute approximate surface area is 69.6 Å². The lowest BCUT2D eigenvalue weighted by atomic mass is 10.3. The lowest BCUT2D eigenvalue weighted by molar-refractivity contribution is 0.935. The molecule has 58 valence electrons. The maximum atomic E-state index is 11.1. The first kappa shape index (κ1) is 8.07. The van der Waals surface area contributed by atoms with Crippen LogP contribution in [0.15, 0.2) is 16.4 Å². The third kappa shape index (κ3) is 1.51. The fraction of sp³-hybridized carbons (Fsp3) is 0.143. The minimum Gasteiger partial charge on any atom is -0.310 e. The van der Waals surface area contributed by atoms with Gasteiger partial charge in [-0.05, 0) is 6.92 Å². The predicted octanol–water partition coefficient (Wildman–Crippen LogP) is 1.01. The number of nitrogens with one attached hydrogen (secondary N) is 1. The second-order valence-electron chi connectivity index (χ2n) is 2.09. The van der Waals surface area contributed by atoms with E-state index in [0.29, 0.717) is 16.4 Å². The van der Waals surface area contributed by atoms with E-state index >= 15 is 0 Å². The van der Waals surface area contributed by atoms with Gasteiger partial charge >= 0.3 is 0 Å². The van der Waals surface area contributed by atoms with E-state index in [0.717, 1.165) is 0 Å². The molecule has 1 N–H and O–H groups in total. The van der Waals surface area contributed by atoms with Crippen LogP contribution in [0.3, 0.4) is 0 Å². The minimum atomic E-state index is -0.197. The van der Waals surface area contributed by atoms with Crippen LogP contribution in [0.5, 0.6) is 0 Å². The SMILES string of the molecule is C=Cc1c(S)nc(C)[nH]c1=O. The van der Waals surface area contributed by atoms with E-state index in [9.17, 15) is 4.79 Å². The third-order valence-corrected chi connectivity index (χ3v) is 1.60. The van der Waals surface area contributed by atoms with E-state index in [4.69, 9.17) is 0 Å². The molecule has 0 aliphatic carbocycles. The van der Waals surface area contributed by atoms with Crippen molar-refractivity contribution in [2.24, 2.45) is 0 Å². The van der Waals surface area contributed by atoms with Crippen LogP contribution in [-0.4, -0.2) is 9.97 Å². The van der Waals surface area contributed by atoms with Crippen molar-refractivity contribution in [1.29, 1.82) is 0 Å². The highest BCUT2D eigenvalue weighted by molar-refractivity contribution is 7.80. The van der Waals surface area contributed by atoms with E-state index in [1.165, 1.54) is 6.08 Å². The number of hydrogen-bond donors (Lipinski definition) is 2. The Morgan fingerprint density at radius 3 is 2.82 bits per heavy atom. The molecule has 4 heteroatoms. The van der Waals surface area contributed by atoms with Gasteiger partial charge in [-0.25, -0.2) is 4.98 Å². The maximum Gasteiger partial charge on any atom is 0.259 e. The molecule has 3 nitrogen and oxygen atoms in total. The monoisotopic (exact) mass is 168 g/mol. The maximum absolute atomic E-state index is 11.1. The summed E-state index contributed by atoms with van der Waals surface area (Å²) in [4.78, 5) is 17.6. The average Bonchev–Trinajstić information content (AvgIpc) is 1.85. The quantitative estimate of drug-likeness (QED) is 0.485. The van der Waals surface area contributed by atoms with Crippen molar-refractivity contribution < 1.29 is 0 Å². The molecule has 0 amide bonds. The third-order valence-electron chi connectivity index (χ3n) is 1.26. The first-order chi connectivity index (χ1) is 5.15. The summed E-state index contributed by atoms with van der Waals surface area (Å²) >= 11 is 4.02. The van der Waals surface area contributed by atoms with E-state index in [1.54, 1.807) is 6.92 Å². The molecule has 11 heavy (non-hydrogen) atoms. The van der Waals surface area contributed by atoms with Gasteiger partial charge in [0.1, 0.15) is 10.9 Å². The number of rotatable bonds is 1. The van der Waals surface area contributed by atoms with Crippen LogP contribution in [0.1, 0.15) is 11.4 Å². The smallest absolute Gasteiger partial charge is 0.259 e. The molecule has 0 unspecified atom stereocenters. The normalized spacial score (nSPS) is 9.64. The van der Waals surface area contributed by atoms with Crippen molar-refractivity contribution in [3.8, 4) is 0 Å². The van der Waals surface area contributed by atoms with Crippen LogP contribution in [-0.2, 0) is 0 Å². The van der Waals surface area contributed by atoms with Crippen LogP contribution in [0.4, 0.5) is 0 Å². The summed E-state index contributed by atoms with van der Waals surface area (Å²) in [6.07, 6.45) is 1.44. The molecular formula is C7H8N2OS. The van der Waals surface area contributed by atoms with Crippen LogP contribution in [0, 0.1) is 6.92 Å². The summed E-state index contributed by atoms with van der Waals surface area (Å²) in [7, 11) is 0. The van der Waals surface area contributed by atoms with Gasteiger partial charge in [0.05, 0.1) is 5.56 Å². The summed E-state index contributed by atoms with van der Waals surface area (Å²) in [6, 6.07) is 0. The number of aromatic nitrogens is 2. The second kappa shape index (κ2) is 2.92. The largest absolute Gasteiger partial charge is 0.310 e. The molecule has 1 aromatic heterocycles. The minimum absolute atomic E-state index is 0.197. The van der Waals surface area contributed by atoms with Crippen LogP contribution in [0.25, 0.3) is 6.08 Å². The Morgan fingerprint density at radius 2 is 2.36 bits per heavy atom. The summed E-state index contributed by atoms with van der Waals surface area (Å²) < 4.78 is 0. The molecule has 0 saturated carbocycles. The summed E-state index contributed by atoms with van der Waals surface area (Å²) in [5.41, 5.74) is 0.219. The molecule has 0 atom stereocenters. The first-order valence-electron chi connectivity index (χ1n) is 3.07. The van der Waals surface area contributed by atoms with Gasteiger partial charge in [-0.15, -0.1) is 12.6 Å². The standard InChI is InChI=1S/C7H8N2OS/c1-3-5-6(10)8-4(2)9-7(5)11/h3H,1H2,2H3,(H2,8,9,10,11). The Balaban J connectivity index is 3.49. The highest BCUT2D eigenvalue weighted by Gasteiger charge is 2.01. The van der Waals surface area contributed by atoms with Crippen molar-refractivity contribution in [3.05, 3.63) is 28.3 Å². The van der Waals surface area contributed by atoms with Gasteiger partial charge in [0.15, 0.2) is 0 Å². The van der Waals surface area contributed by atoms with E-state index in [2.05, 4.69) is 29.2 Å². The van der Waals surface area contributed by atoms with Crippen molar-refractivity contribution in [1.82, 2.24) is 9.97 Å². The van der Waals surface area contributed by atoms with Gasteiger partial charge in [0, 0.05) is 0 Å². The van der Waals surface area contributed by atoms with Crippen LogP contribution < -0.4 is 5.56 Å². The number of thiol groups is 1. The molecule has 1 rings (SSSR count). The molecule has 0 saturated heterocycles. The van der Waals surface area contributed by atoms with Gasteiger partial charge in [0.2, 0.25) is 0 Å². The molecule has 1 aromatic rings. The molecule has 0 fully saturated rings. The molecule has 0 aromatic carbocycles. The molecule has 0 radical (unpaired) electrons. The van der Waals surface area contributed by atoms with Gasteiger partial charge in [-0.3, -0.25) is 4.79 Å². The number of hydrogen-bond acceptors (Lipinski definition) is 3. The summed E-state index contributed by atoms with van der Waals surface area (Å²) in [5.74, 6) is 0.561. The van der Waals surface area contributed by atoms with Gasteiger partial charge in [-0.2, -0.15) is 0 Å². The lowest BCUT2D eigenvalue weighted by Gasteiger charge is -1.97. The highest BCUT2D eigenvalue weighted by atomic mass is 32.1. The fourth-order valence-corrected chi connectivity index (χ4v) is 1.11. The molecule has 0 aliphatic heterocycles. The zero-order chi connectivity index (χ0) is 8.43. The summed E-state index contributed by atoms with van der Waals surface area (Å²) in [6.45, 7) is 5.18. The Morgan fingerprint density at radius 1 is 1.73 bits per heavy atom. The van der Waals surface area contributed by atoms with Crippen LogP contribution in [0.2, 0.25) is 0 Å². The first-order valence-corrected chi connectivity index (χ1v) is 3.52. The van der Waals surface area contributed by atoms with Gasteiger partial charge in [0.25, 0.3) is 5.56 Å². The van der Waals surface area contributed by atoms with E-state index in [1.807, 2.05) is 0 Å². The zero-order valence-electron chi connectivity index (χ0n) is 6.09. The lowest BCUT2D eigenvalue weighted by Crippen LogP contribution is -2.13. The number of H-pyrrole nitrogens is 1. The molecule has 0 spiro atoms. The Kier molecular flexibility index (Phi) is 2.14. The van der Waals surface area contributed by atoms with Crippen LogP contribution >= 0.6 is 12.6 Å². The average molecular weight is 168 g/mol. The Bertz CT molecular complexity index is 343. The molecule has 1 heterocycles. The fourth-order valence-electron chi connectivity index (χ4n) is 0.764.